The third-order valence-corrected chi connectivity index (χ3v) is 0.722. The molecule has 0 N–H and O–H groups in total. The topological polar surface area (TPSA) is 26.9 Å². The maximum atomic E-state index is 11.9. The molecule has 9 heavy (non-hydrogen) atoms. The number of nitrogens with zero attached hydrogens (tertiary/aromatic N) is 1. The van der Waals surface area contributed by atoms with E-state index in [9.17, 15) is 14.0 Å². The Kier molecular flexibility index (Phi) is 1.30. The van der Waals surface area contributed by atoms with E-state index in [1.807, 2.05) is 0 Å². The molecule has 0 unspecified atom stereocenters. The van der Waals surface area contributed by atoms with Gasteiger partial charge in [-0.15, -0.1) is 0 Å². The van der Waals surface area contributed by atoms with Crippen molar-refractivity contribution >= 4 is 0 Å². The Hall–Kier alpha value is -1.19. The summed E-state index contributed by atoms with van der Waals surface area (Å²) in [5.41, 5.74) is 0. The molecule has 0 aliphatic rings. The standard InChI is InChI=1S/C5H2F2NO/c6-4-1-5(7)3-8(9)2-4/h1-2H. The van der Waals surface area contributed by atoms with Crippen LogP contribution in [0.5, 0.6) is 0 Å². The van der Waals surface area contributed by atoms with Crippen LogP contribution in [0.25, 0.3) is 0 Å². The maximum absolute atomic E-state index is 11.9. The first-order valence-electron chi connectivity index (χ1n) is 2.16. The van der Waals surface area contributed by atoms with Gasteiger partial charge in [-0.2, -0.15) is 9.12 Å². The smallest absolute Gasteiger partial charge is 0.329 e. The molecule has 0 amide bonds. The number of halogens is 2. The van der Waals surface area contributed by atoms with Crippen LogP contribution in [-0.4, -0.2) is 0 Å². The van der Waals surface area contributed by atoms with Crippen LogP contribution in [0.2, 0.25) is 0 Å². The van der Waals surface area contributed by atoms with Gasteiger partial charge >= 0.3 is 6.20 Å². The Morgan fingerprint density at radius 1 is 1.56 bits per heavy atom. The first-order valence-corrected chi connectivity index (χ1v) is 2.16. The fraction of sp³-hybridized carbons (Fsp3) is 0. The second-order valence-corrected chi connectivity index (χ2v) is 1.44. The van der Waals surface area contributed by atoms with Crippen LogP contribution in [0.1, 0.15) is 0 Å². The molecule has 0 aliphatic heterocycles. The Morgan fingerprint density at radius 2 is 2.22 bits per heavy atom. The highest BCUT2D eigenvalue weighted by Gasteiger charge is 2.01. The highest BCUT2D eigenvalue weighted by Crippen LogP contribution is 1.94. The molecule has 1 rings (SSSR count). The predicted octanol–water partition coefficient (Wildman–Crippen LogP) is 0.398. The van der Waals surface area contributed by atoms with Gasteiger partial charge in [-0.1, -0.05) is 0 Å². The van der Waals surface area contributed by atoms with Crippen molar-refractivity contribution in [1.82, 2.24) is 0 Å². The summed E-state index contributed by atoms with van der Waals surface area (Å²) in [6, 6.07) is 0.578. The van der Waals surface area contributed by atoms with Gasteiger partial charge in [-0.05, 0) is 0 Å². The number of rotatable bonds is 0. The van der Waals surface area contributed by atoms with E-state index in [-0.39, 0.29) is 4.73 Å². The Labute approximate surface area is 49.9 Å². The SMILES string of the molecule is [O-][n+]1[c]c(F)cc(F)c1. The molecule has 4 heteroatoms. The van der Waals surface area contributed by atoms with Crippen LogP contribution in [-0.2, 0) is 0 Å². The van der Waals surface area contributed by atoms with Gasteiger partial charge in [0.05, 0.1) is 0 Å². The van der Waals surface area contributed by atoms with Crippen molar-refractivity contribution in [3.63, 3.8) is 0 Å². The summed E-state index contributed by atoms with van der Waals surface area (Å²) >= 11 is 0. The summed E-state index contributed by atoms with van der Waals surface area (Å²) in [7, 11) is 0. The Morgan fingerprint density at radius 3 is 2.67 bits per heavy atom. The minimum atomic E-state index is -0.995. The zero-order valence-corrected chi connectivity index (χ0v) is 4.27. The van der Waals surface area contributed by atoms with Crippen molar-refractivity contribution in [3.05, 3.63) is 35.3 Å². The monoisotopic (exact) mass is 130 g/mol. The quantitative estimate of drug-likeness (QED) is 0.369. The summed E-state index contributed by atoms with van der Waals surface area (Å²) in [6.45, 7) is 0. The first kappa shape index (κ1) is 5.94. The molecule has 47 valence electrons. The van der Waals surface area contributed by atoms with Crippen molar-refractivity contribution < 1.29 is 13.5 Å². The highest BCUT2D eigenvalue weighted by atomic mass is 19.1. The summed E-state index contributed by atoms with van der Waals surface area (Å²) < 4.78 is 23.8. The molecule has 0 aliphatic carbocycles. The molecule has 0 saturated heterocycles. The van der Waals surface area contributed by atoms with Gasteiger partial charge in [0.15, 0.2) is 5.82 Å². The van der Waals surface area contributed by atoms with Crippen LogP contribution in [0.15, 0.2) is 12.3 Å². The lowest BCUT2D eigenvalue weighted by atomic mass is 10.5. The molecule has 1 radical (unpaired) electrons. The van der Waals surface area contributed by atoms with Crippen molar-refractivity contribution in [2.45, 2.75) is 0 Å². The van der Waals surface area contributed by atoms with Crippen molar-refractivity contribution in [3.8, 4) is 0 Å². The molecule has 0 spiro atoms. The molecule has 0 aromatic carbocycles. The van der Waals surface area contributed by atoms with Gasteiger partial charge in [0.25, 0.3) is 0 Å². The zero-order valence-electron chi connectivity index (χ0n) is 4.27. The largest absolute Gasteiger partial charge is 0.618 e. The van der Waals surface area contributed by atoms with E-state index >= 15 is 0 Å². The van der Waals surface area contributed by atoms with Crippen molar-refractivity contribution in [2.24, 2.45) is 0 Å². The van der Waals surface area contributed by atoms with E-state index in [4.69, 9.17) is 0 Å². The molecular weight excluding hydrogens is 128 g/mol. The van der Waals surface area contributed by atoms with E-state index in [1.54, 1.807) is 6.20 Å². The third kappa shape index (κ3) is 1.35. The van der Waals surface area contributed by atoms with Gasteiger partial charge in [0.2, 0.25) is 12.0 Å². The fourth-order valence-corrected chi connectivity index (χ4v) is 0.440. The number of hydrogen-bond donors (Lipinski definition) is 0. The minimum absolute atomic E-state index is 0.0509. The van der Waals surface area contributed by atoms with E-state index in [2.05, 4.69) is 0 Å². The van der Waals surface area contributed by atoms with Crippen LogP contribution < -0.4 is 4.73 Å². The van der Waals surface area contributed by atoms with Gasteiger partial charge in [-0.3, -0.25) is 0 Å². The molecule has 0 fully saturated rings. The molecule has 0 atom stereocenters. The molecule has 1 aromatic rings. The summed E-state index contributed by atoms with van der Waals surface area (Å²) in [5, 5.41) is 10.1. The lowest BCUT2D eigenvalue weighted by Gasteiger charge is -1.91. The maximum Gasteiger partial charge on any atom is 0.329 e. The van der Waals surface area contributed by atoms with Gasteiger partial charge in [-0.25, -0.2) is 4.39 Å². The van der Waals surface area contributed by atoms with Gasteiger partial charge in [0, 0.05) is 6.07 Å². The summed E-state index contributed by atoms with van der Waals surface area (Å²) in [5.74, 6) is -1.90. The molecule has 0 bridgehead atoms. The van der Waals surface area contributed by atoms with Crippen LogP contribution in [0.3, 0.4) is 0 Å². The first-order chi connectivity index (χ1) is 4.18. The lowest BCUT2D eigenvalue weighted by Crippen LogP contribution is -2.26. The highest BCUT2D eigenvalue weighted by molar-refractivity contribution is 4.90. The number of hydrogen-bond acceptors (Lipinski definition) is 1. The van der Waals surface area contributed by atoms with Crippen LogP contribution >= 0.6 is 0 Å². The summed E-state index contributed by atoms with van der Waals surface area (Å²) in [4.78, 5) is 0. The van der Waals surface area contributed by atoms with Crippen molar-refractivity contribution in [1.29, 1.82) is 0 Å². The average molecular weight is 130 g/mol. The molecule has 1 heterocycles. The molecular formula is C5H2F2NO. The predicted molar refractivity (Wildman–Crippen MR) is 24.2 cm³/mol. The zero-order chi connectivity index (χ0) is 6.85. The summed E-state index contributed by atoms with van der Waals surface area (Å²) in [6.07, 6.45) is 2.25. The van der Waals surface area contributed by atoms with Gasteiger partial charge < -0.3 is 5.21 Å². The fourth-order valence-electron chi connectivity index (χ4n) is 0.440. The Balaban J connectivity index is 3.17. The lowest BCUT2D eigenvalue weighted by molar-refractivity contribution is -0.613. The Bertz CT molecular complexity index is 176. The van der Waals surface area contributed by atoms with E-state index in [0.717, 1.165) is 0 Å². The van der Waals surface area contributed by atoms with E-state index in [0.29, 0.717) is 12.3 Å². The van der Waals surface area contributed by atoms with Crippen molar-refractivity contribution in [2.75, 3.05) is 0 Å². The second kappa shape index (κ2) is 1.97. The molecule has 2 nitrogen and oxygen atoms in total. The normalized spacial score (nSPS) is 9.56. The van der Waals surface area contributed by atoms with E-state index < -0.39 is 11.6 Å². The van der Waals surface area contributed by atoms with Gasteiger partial charge in [0.1, 0.15) is 0 Å². The number of aromatic nitrogens is 1. The minimum Gasteiger partial charge on any atom is -0.618 e. The number of pyridine rings is 1. The van der Waals surface area contributed by atoms with E-state index in [1.165, 1.54) is 0 Å². The molecule has 0 saturated carbocycles. The van der Waals surface area contributed by atoms with Crippen LogP contribution in [0.4, 0.5) is 8.78 Å². The van der Waals surface area contributed by atoms with Crippen LogP contribution in [0, 0.1) is 23.0 Å². The third-order valence-electron chi connectivity index (χ3n) is 0.722. The molecule has 1 aromatic heterocycles. The average Bonchev–Trinajstić information content (AvgIpc) is 1.59. The second-order valence-electron chi connectivity index (χ2n) is 1.44.